The van der Waals surface area contributed by atoms with Crippen LogP contribution < -0.4 is 14.4 Å². The molecule has 0 spiro atoms. The molecule has 0 aliphatic carbocycles. The molecule has 0 unspecified atom stereocenters. The Bertz CT molecular complexity index is 935. The number of hydrogen-bond donors (Lipinski definition) is 1. The van der Waals surface area contributed by atoms with Crippen molar-refractivity contribution in [1.82, 2.24) is 0 Å². The molecule has 2 aromatic rings. The quantitative estimate of drug-likeness (QED) is 0.739. The molecule has 26 heavy (non-hydrogen) atoms. The zero-order chi connectivity index (χ0) is 19.5. The molecule has 0 aliphatic heterocycles. The molecule has 0 atom stereocenters. The number of benzene rings is 2. The average Bonchev–Trinajstić information content (AvgIpc) is 2.52. The minimum Gasteiger partial charge on any atom is -0.495 e. The molecular weight excluding hydrogens is 423 g/mol. The highest BCUT2D eigenvalue weighted by Gasteiger charge is 2.23. The molecule has 0 fully saturated rings. The van der Waals surface area contributed by atoms with Crippen LogP contribution in [0.2, 0.25) is 15.1 Å². The fourth-order valence-electron chi connectivity index (χ4n) is 2.14. The summed E-state index contributed by atoms with van der Waals surface area (Å²) in [5.41, 5.74) is 0.554. The second-order valence-electron chi connectivity index (χ2n) is 5.26. The van der Waals surface area contributed by atoms with Gasteiger partial charge in [0, 0.05) is 10.7 Å². The molecule has 1 N–H and O–H groups in total. The molecule has 6 nitrogen and oxygen atoms in total. The van der Waals surface area contributed by atoms with Gasteiger partial charge in [-0.25, -0.2) is 8.42 Å². The Labute approximate surface area is 166 Å². The van der Waals surface area contributed by atoms with Crippen LogP contribution in [0.3, 0.4) is 0 Å². The lowest BCUT2D eigenvalue weighted by atomic mass is 10.3. The van der Waals surface area contributed by atoms with E-state index in [1.54, 1.807) is 12.1 Å². The summed E-state index contributed by atoms with van der Waals surface area (Å²) in [6.45, 7) is -0.468. The first-order chi connectivity index (χ1) is 12.1. The van der Waals surface area contributed by atoms with Crippen molar-refractivity contribution in [3.63, 3.8) is 0 Å². The summed E-state index contributed by atoms with van der Waals surface area (Å²) in [4.78, 5) is 12.3. The summed E-state index contributed by atoms with van der Waals surface area (Å²) in [5, 5.41) is 3.36. The van der Waals surface area contributed by atoms with Crippen molar-refractivity contribution in [2.45, 2.75) is 0 Å². The van der Waals surface area contributed by atoms with Gasteiger partial charge in [0.15, 0.2) is 0 Å². The van der Waals surface area contributed by atoms with Gasteiger partial charge < -0.3 is 10.1 Å². The van der Waals surface area contributed by atoms with E-state index >= 15 is 0 Å². The van der Waals surface area contributed by atoms with Crippen LogP contribution in [0.5, 0.6) is 5.75 Å². The van der Waals surface area contributed by atoms with Crippen molar-refractivity contribution in [3.05, 3.63) is 51.5 Å². The topological polar surface area (TPSA) is 75.7 Å². The van der Waals surface area contributed by atoms with Gasteiger partial charge in [0.05, 0.1) is 29.1 Å². The molecule has 0 aliphatic rings. The Balaban J connectivity index is 2.23. The lowest BCUT2D eigenvalue weighted by Crippen LogP contribution is -2.37. The first-order valence-electron chi connectivity index (χ1n) is 7.18. The van der Waals surface area contributed by atoms with E-state index in [1.807, 2.05) is 0 Å². The lowest BCUT2D eigenvalue weighted by molar-refractivity contribution is -0.114. The van der Waals surface area contributed by atoms with Crippen LogP contribution in [0.4, 0.5) is 11.4 Å². The standard InChI is InChI=1S/C16H15Cl3N2O4S/c1-25-15-6-4-11(8-13(15)19)20-16(22)9-21(26(2,23)24)14-5-3-10(17)7-12(14)18/h3-8H,9H2,1-2H3,(H,20,22). The molecule has 2 rings (SSSR count). The predicted molar refractivity (Wildman–Crippen MR) is 105 cm³/mol. The van der Waals surface area contributed by atoms with Gasteiger partial charge >= 0.3 is 0 Å². The average molecular weight is 438 g/mol. The van der Waals surface area contributed by atoms with Crippen molar-refractivity contribution >= 4 is 62.1 Å². The van der Waals surface area contributed by atoms with E-state index in [0.29, 0.717) is 21.5 Å². The van der Waals surface area contributed by atoms with E-state index in [-0.39, 0.29) is 10.7 Å². The predicted octanol–water partition coefficient (Wildman–Crippen LogP) is 4.06. The third-order valence-electron chi connectivity index (χ3n) is 3.30. The van der Waals surface area contributed by atoms with Crippen LogP contribution in [0.1, 0.15) is 0 Å². The molecule has 0 saturated carbocycles. The molecule has 0 saturated heterocycles. The maximum absolute atomic E-state index is 12.3. The first-order valence-corrected chi connectivity index (χ1v) is 10.2. The van der Waals surface area contributed by atoms with E-state index in [9.17, 15) is 13.2 Å². The summed E-state index contributed by atoms with van der Waals surface area (Å²) in [5.74, 6) is -0.113. The third kappa shape index (κ3) is 5.17. The fraction of sp³-hybridized carbons (Fsp3) is 0.188. The zero-order valence-electron chi connectivity index (χ0n) is 13.8. The second kappa shape index (κ2) is 8.35. The normalized spacial score (nSPS) is 11.1. The number of carbonyl (C=O) groups is 1. The SMILES string of the molecule is COc1ccc(NC(=O)CN(c2ccc(Cl)cc2Cl)S(C)(=O)=O)cc1Cl. The molecule has 1 amide bonds. The van der Waals surface area contributed by atoms with Crippen LogP contribution in [0.15, 0.2) is 36.4 Å². The van der Waals surface area contributed by atoms with Crippen LogP contribution in [-0.2, 0) is 14.8 Å². The number of ether oxygens (including phenoxy) is 1. The Hall–Kier alpha value is -1.67. The number of hydrogen-bond acceptors (Lipinski definition) is 4. The Kier molecular flexibility index (Phi) is 6.63. The Morgan fingerprint density at radius 2 is 1.81 bits per heavy atom. The van der Waals surface area contributed by atoms with Gasteiger partial charge in [0.2, 0.25) is 15.9 Å². The van der Waals surface area contributed by atoms with Gasteiger partial charge in [-0.05, 0) is 36.4 Å². The minimum absolute atomic E-state index is 0.114. The maximum atomic E-state index is 12.3. The van der Waals surface area contributed by atoms with Gasteiger partial charge in [-0.15, -0.1) is 0 Å². The summed E-state index contributed by atoms with van der Waals surface area (Å²) < 4.78 is 30.2. The highest BCUT2D eigenvalue weighted by atomic mass is 35.5. The number of nitrogens with zero attached hydrogens (tertiary/aromatic N) is 1. The van der Waals surface area contributed by atoms with E-state index in [0.717, 1.165) is 10.6 Å². The maximum Gasteiger partial charge on any atom is 0.245 e. The Morgan fingerprint density at radius 1 is 1.12 bits per heavy atom. The molecule has 10 heteroatoms. The number of sulfonamides is 1. The van der Waals surface area contributed by atoms with E-state index in [2.05, 4.69) is 5.32 Å². The smallest absolute Gasteiger partial charge is 0.245 e. The largest absolute Gasteiger partial charge is 0.495 e. The zero-order valence-corrected chi connectivity index (χ0v) is 16.9. The van der Waals surface area contributed by atoms with Crippen molar-refractivity contribution in [3.8, 4) is 5.75 Å². The number of nitrogens with one attached hydrogen (secondary N) is 1. The minimum atomic E-state index is -3.76. The molecular formula is C16H15Cl3N2O4S. The number of carbonyl (C=O) groups excluding carboxylic acids is 1. The second-order valence-corrected chi connectivity index (χ2v) is 8.42. The van der Waals surface area contributed by atoms with Gasteiger partial charge in [-0.3, -0.25) is 9.10 Å². The molecule has 2 aromatic carbocycles. The molecule has 0 heterocycles. The molecule has 140 valence electrons. The number of amides is 1. The highest BCUT2D eigenvalue weighted by molar-refractivity contribution is 7.92. The lowest BCUT2D eigenvalue weighted by Gasteiger charge is -2.23. The van der Waals surface area contributed by atoms with Crippen molar-refractivity contribution in [2.75, 3.05) is 29.5 Å². The van der Waals surface area contributed by atoms with Gasteiger partial charge in [-0.1, -0.05) is 34.8 Å². The summed E-state index contributed by atoms with van der Waals surface area (Å²) >= 11 is 17.9. The van der Waals surface area contributed by atoms with Crippen molar-refractivity contribution in [1.29, 1.82) is 0 Å². The van der Waals surface area contributed by atoms with E-state index in [4.69, 9.17) is 39.5 Å². The van der Waals surface area contributed by atoms with Gasteiger partial charge in [0.1, 0.15) is 12.3 Å². The molecule has 0 aromatic heterocycles. The number of methoxy groups -OCH3 is 1. The monoisotopic (exact) mass is 436 g/mol. The van der Waals surface area contributed by atoms with Crippen LogP contribution in [-0.4, -0.2) is 34.2 Å². The first kappa shape index (κ1) is 20.6. The third-order valence-corrected chi connectivity index (χ3v) is 5.26. The molecule has 0 bridgehead atoms. The van der Waals surface area contributed by atoms with Crippen molar-refractivity contribution < 1.29 is 17.9 Å². The summed E-state index contributed by atoms with van der Waals surface area (Å²) in [6.07, 6.45) is 0.982. The summed E-state index contributed by atoms with van der Waals surface area (Å²) in [7, 11) is -2.29. The van der Waals surface area contributed by atoms with Crippen LogP contribution in [0, 0.1) is 0 Å². The van der Waals surface area contributed by atoms with Gasteiger partial charge in [0.25, 0.3) is 0 Å². The van der Waals surface area contributed by atoms with Crippen LogP contribution >= 0.6 is 34.8 Å². The number of anilines is 2. The van der Waals surface area contributed by atoms with E-state index in [1.165, 1.54) is 31.4 Å². The van der Waals surface area contributed by atoms with Crippen LogP contribution in [0.25, 0.3) is 0 Å². The number of halogens is 3. The fourth-order valence-corrected chi connectivity index (χ4v) is 3.83. The Morgan fingerprint density at radius 3 is 2.35 bits per heavy atom. The van der Waals surface area contributed by atoms with Crippen molar-refractivity contribution in [2.24, 2.45) is 0 Å². The van der Waals surface area contributed by atoms with Gasteiger partial charge in [-0.2, -0.15) is 0 Å². The van der Waals surface area contributed by atoms with E-state index < -0.39 is 22.5 Å². The number of rotatable bonds is 6. The molecule has 0 radical (unpaired) electrons. The highest BCUT2D eigenvalue weighted by Crippen LogP contribution is 2.31. The summed E-state index contributed by atoms with van der Waals surface area (Å²) in [6, 6.07) is 8.99.